The number of hydrazine groups is 1. The number of hydrogen-bond acceptors (Lipinski definition) is 4. The molecule has 1 atom stereocenters. The summed E-state index contributed by atoms with van der Waals surface area (Å²) in [5.41, 5.74) is 0.820. The van der Waals surface area contributed by atoms with Crippen LogP contribution in [0.1, 0.15) is 25.8 Å². The topological polar surface area (TPSA) is 102 Å². The van der Waals surface area contributed by atoms with Crippen molar-refractivity contribution in [2.45, 2.75) is 26.4 Å². The highest BCUT2D eigenvalue weighted by Crippen LogP contribution is 2.21. The third kappa shape index (κ3) is 2.95. The molecule has 0 radical (unpaired) electrons. The van der Waals surface area contributed by atoms with Gasteiger partial charge < -0.3 is 5.32 Å². The Balaban J connectivity index is 2.24. The maximum Gasteiger partial charge on any atom is 0.348 e. The van der Waals surface area contributed by atoms with Crippen molar-refractivity contribution in [1.29, 1.82) is 5.26 Å². The molecule has 7 nitrogen and oxygen atoms in total. The number of nitrogens with two attached hydrogens (primary N) is 1. The van der Waals surface area contributed by atoms with E-state index in [0.29, 0.717) is 17.7 Å². The Morgan fingerprint density at radius 1 is 1.33 bits per heavy atom. The monoisotopic (exact) mass is 287 g/mol. The lowest BCUT2D eigenvalue weighted by Crippen LogP contribution is -2.67. The fourth-order valence-electron chi connectivity index (χ4n) is 2.14. The van der Waals surface area contributed by atoms with Gasteiger partial charge in [-0.1, -0.05) is 13.8 Å². The van der Waals surface area contributed by atoms with Crippen molar-refractivity contribution >= 4 is 17.7 Å². The first-order chi connectivity index (χ1) is 9.93. The highest BCUT2D eigenvalue weighted by Gasteiger charge is 2.37. The van der Waals surface area contributed by atoms with Gasteiger partial charge in [-0.05, 0) is 36.6 Å². The van der Waals surface area contributed by atoms with Crippen LogP contribution >= 0.6 is 0 Å². The molecule has 1 aliphatic heterocycles. The van der Waals surface area contributed by atoms with E-state index in [1.165, 1.54) is 24.3 Å². The highest BCUT2D eigenvalue weighted by atomic mass is 16.2. The van der Waals surface area contributed by atoms with Crippen LogP contribution in [0.25, 0.3) is 0 Å². The number of anilines is 1. The van der Waals surface area contributed by atoms with Gasteiger partial charge in [0, 0.05) is 0 Å². The number of urea groups is 2. The minimum absolute atomic E-state index is 0.288. The van der Waals surface area contributed by atoms with Gasteiger partial charge in [-0.2, -0.15) is 5.26 Å². The standard InChI is InChI=1S/C14H17N5O2/c1-9(2)7-12-17-13(20)18(14(21)19(12)16)11-5-3-10(8-15)4-6-11/h3-6,9,12H,7,16H2,1-2H3,(H,17,20). The fraction of sp³-hybridized carbons (Fsp3) is 0.357. The lowest BCUT2D eigenvalue weighted by molar-refractivity contribution is 0.143. The van der Waals surface area contributed by atoms with Crippen LogP contribution < -0.4 is 16.1 Å². The average molecular weight is 287 g/mol. The van der Waals surface area contributed by atoms with Gasteiger partial charge in [0.15, 0.2) is 0 Å². The van der Waals surface area contributed by atoms with Crippen LogP contribution in [-0.2, 0) is 0 Å². The van der Waals surface area contributed by atoms with Crippen molar-refractivity contribution in [3.63, 3.8) is 0 Å². The fourth-order valence-corrected chi connectivity index (χ4v) is 2.14. The molecule has 1 aromatic rings. The smallest absolute Gasteiger partial charge is 0.315 e. The molecular weight excluding hydrogens is 270 g/mol. The first-order valence-corrected chi connectivity index (χ1v) is 6.62. The Bertz CT molecular complexity index is 590. The van der Waals surface area contributed by atoms with E-state index < -0.39 is 18.2 Å². The van der Waals surface area contributed by atoms with Crippen LogP contribution in [0.4, 0.5) is 15.3 Å². The Morgan fingerprint density at radius 3 is 2.48 bits per heavy atom. The molecule has 4 amide bonds. The van der Waals surface area contributed by atoms with Gasteiger partial charge in [0.1, 0.15) is 6.17 Å². The van der Waals surface area contributed by atoms with E-state index in [-0.39, 0.29) is 5.92 Å². The summed E-state index contributed by atoms with van der Waals surface area (Å²) in [7, 11) is 0. The molecule has 0 spiro atoms. The molecule has 1 unspecified atom stereocenters. The van der Waals surface area contributed by atoms with Crippen molar-refractivity contribution < 1.29 is 9.59 Å². The quantitative estimate of drug-likeness (QED) is 0.653. The van der Waals surface area contributed by atoms with Crippen molar-refractivity contribution in [1.82, 2.24) is 10.3 Å². The van der Waals surface area contributed by atoms with E-state index in [2.05, 4.69) is 5.32 Å². The number of benzene rings is 1. The van der Waals surface area contributed by atoms with Crippen LogP contribution in [0.5, 0.6) is 0 Å². The van der Waals surface area contributed by atoms with Crippen molar-refractivity contribution in [3.8, 4) is 6.07 Å². The summed E-state index contributed by atoms with van der Waals surface area (Å²) < 4.78 is 0. The van der Waals surface area contributed by atoms with Crippen molar-refractivity contribution in [2.24, 2.45) is 11.8 Å². The number of carbonyl (C=O) groups excluding carboxylic acids is 2. The molecule has 3 N–H and O–H groups in total. The molecular formula is C14H17N5O2. The molecule has 2 rings (SSSR count). The molecule has 1 fully saturated rings. The number of nitriles is 1. The zero-order chi connectivity index (χ0) is 15.6. The molecule has 7 heteroatoms. The van der Waals surface area contributed by atoms with Crippen LogP contribution in [-0.4, -0.2) is 23.2 Å². The maximum absolute atomic E-state index is 12.3. The normalized spacial score (nSPS) is 18.7. The van der Waals surface area contributed by atoms with E-state index in [9.17, 15) is 9.59 Å². The summed E-state index contributed by atoms with van der Waals surface area (Å²) in [5, 5.41) is 12.5. The molecule has 0 aromatic heterocycles. The number of nitrogens with one attached hydrogen (secondary N) is 1. The van der Waals surface area contributed by atoms with Crippen LogP contribution in [0.3, 0.4) is 0 Å². The van der Waals surface area contributed by atoms with Gasteiger partial charge in [0.25, 0.3) is 0 Å². The van der Waals surface area contributed by atoms with Gasteiger partial charge in [-0.25, -0.2) is 25.3 Å². The number of imide groups is 1. The van der Waals surface area contributed by atoms with Crippen molar-refractivity contribution in [3.05, 3.63) is 29.8 Å². The van der Waals surface area contributed by atoms with E-state index >= 15 is 0 Å². The summed E-state index contributed by atoms with van der Waals surface area (Å²) in [6, 6.07) is 7.02. The van der Waals surface area contributed by atoms with Gasteiger partial charge in [0.05, 0.1) is 17.3 Å². The SMILES string of the molecule is CC(C)CC1NC(=O)N(c2ccc(C#N)cc2)C(=O)N1N. The summed E-state index contributed by atoms with van der Waals surface area (Å²) in [6.07, 6.45) is 0.0643. The van der Waals surface area contributed by atoms with E-state index in [1.807, 2.05) is 19.9 Å². The minimum atomic E-state index is -0.589. The van der Waals surface area contributed by atoms with Crippen LogP contribution in [0, 0.1) is 17.2 Å². The third-order valence-corrected chi connectivity index (χ3v) is 3.19. The predicted molar refractivity (Wildman–Crippen MR) is 76.8 cm³/mol. The Morgan fingerprint density at radius 2 is 1.95 bits per heavy atom. The molecule has 0 bridgehead atoms. The highest BCUT2D eigenvalue weighted by molar-refractivity contribution is 6.15. The lowest BCUT2D eigenvalue weighted by Gasteiger charge is -2.38. The van der Waals surface area contributed by atoms with Crippen LogP contribution in [0.15, 0.2) is 24.3 Å². The number of hydrogen-bond donors (Lipinski definition) is 2. The summed E-state index contributed by atoms with van der Waals surface area (Å²) in [5.74, 6) is 6.08. The summed E-state index contributed by atoms with van der Waals surface area (Å²) in [4.78, 5) is 25.4. The molecule has 1 heterocycles. The number of rotatable bonds is 3. The molecule has 110 valence electrons. The molecule has 1 aromatic carbocycles. The van der Waals surface area contributed by atoms with Crippen molar-refractivity contribution in [2.75, 3.05) is 4.90 Å². The van der Waals surface area contributed by atoms with Gasteiger partial charge in [-0.15, -0.1) is 0 Å². The zero-order valence-electron chi connectivity index (χ0n) is 11.9. The summed E-state index contributed by atoms with van der Waals surface area (Å²) >= 11 is 0. The number of carbonyl (C=O) groups is 2. The van der Waals surface area contributed by atoms with Gasteiger partial charge >= 0.3 is 12.1 Å². The number of amides is 4. The molecule has 0 aliphatic carbocycles. The Kier molecular flexibility index (Phi) is 4.10. The second-order valence-electron chi connectivity index (χ2n) is 5.28. The van der Waals surface area contributed by atoms with Crippen LogP contribution in [0.2, 0.25) is 0 Å². The average Bonchev–Trinajstić information content (AvgIpc) is 2.45. The molecule has 1 aliphatic rings. The third-order valence-electron chi connectivity index (χ3n) is 3.19. The van der Waals surface area contributed by atoms with E-state index in [0.717, 1.165) is 9.91 Å². The van der Waals surface area contributed by atoms with Gasteiger partial charge in [0.2, 0.25) is 0 Å². The molecule has 21 heavy (non-hydrogen) atoms. The van der Waals surface area contributed by atoms with E-state index in [4.69, 9.17) is 11.1 Å². The maximum atomic E-state index is 12.3. The van der Waals surface area contributed by atoms with E-state index in [1.54, 1.807) is 0 Å². The second-order valence-corrected chi connectivity index (χ2v) is 5.28. The summed E-state index contributed by atoms with van der Waals surface area (Å²) in [6.45, 7) is 3.97. The second kappa shape index (κ2) is 5.81. The predicted octanol–water partition coefficient (Wildman–Crippen LogP) is 1.76. The minimum Gasteiger partial charge on any atom is -0.315 e. The number of nitrogens with zero attached hydrogens (tertiary/aromatic N) is 3. The van der Waals surface area contributed by atoms with Gasteiger partial charge in [-0.3, -0.25) is 0 Å². The Hall–Kier alpha value is -2.59. The first-order valence-electron chi connectivity index (χ1n) is 6.62. The Labute approximate surface area is 122 Å². The largest absolute Gasteiger partial charge is 0.348 e. The molecule has 1 saturated heterocycles. The molecule has 0 saturated carbocycles. The first kappa shape index (κ1) is 14.8. The zero-order valence-corrected chi connectivity index (χ0v) is 11.9. The lowest BCUT2D eigenvalue weighted by atomic mass is 10.1.